The summed E-state index contributed by atoms with van der Waals surface area (Å²) in [6.45, 7) is 0. The average molecular weight is 217 g/mol. The fourth-order valence-electron chi connectivity index (χ4n) is 0.592. The zero-order valence-electron chi connectivity index (χ0n) is 7.11. The zero-order chi connectivity index (χ0) is 11.1. The lowest BCUT2D eigenvalue weighted by atomic mass is 10.2. The summed E-state index contributed by atoms with van der Waals surface area (Å²) in [6.07, 6.45) is 0. The lowest BCUT2D eigenvalue weighted by molar-refractivity contribution is 0.0697. The van der Waals surface area contributed by atoms with Crippen LogP contribution in [0.1, 0.15) is 10.4 Å². The highest BCUT2D eigenvalue weighted by Crippen LogP contribution is 2.08. The van der Waals surface area contributed by atoms with E-state index < -0.39 is 12.0 Å². The number of halogens is 1. The molecule has 0 fully saturated rings. The van der Waals surface area contributed by atoms with Crippen molar-refractivity contribution in [3.05, 3.63) is 34.9 Å². The second-order valence-corrected chi connectivity index (χ2v) is 2.65. The van der Waals surface area contributed by atoms with Crippen LogP contribution in [-0.4, -0.2) is 17.1 Å². The Balaban J connectivity index is 0.000000364. The van der Waals surface area contributed by atoms with Crippen LogP contribution in [0.4, 0.5) is 4.79 Å². The van der Waals surface area contributed by atoms with Crippen LogP contribution in [0, 0.1) is 0 Å². The molecule has 0 spiro atoms. The number of urea groups is 1. The minimum absolute atomic E-state index is 0.254. The minimum Gasteiger partial charge on any atom is -0.478 e. The summed E-state index contributed by atoms with van der Waals surface area (Å²) >= 11 is 5.52. The molecule has 1 aromatic rings. The van der Waals surface area contributed by atoms with E-state index in [1.165, 1.54) is 12.1 Å². The highest BCUT2D eigenvalue weighted by Gasteiger charge is 1.99. The number of rotatable bonds is 1. The van der Waals surface area contributed by atoms with Crippen LogP contribution in [-0.2, 0) is 0 Å². The van der Waals surface area contributed by atoms with Gasteiger partial charge in [-0.15, -0.1) is 0 Å². The smallest absolute Gasteiger partial charge is 0.335 e. The quantitative estimate of drug-likeness (QED) is 0.653. The Bertz CT molecular complexity index is 320. The first kappa shape index (κ1) is 12.2. The number of hydrogen-bond acceptors (Lipinski definition) is 2. The lowest BCUT2D eigenvalue weighted by Crippen LogP contribution is -2.18. The van der Waals surface area contributed by atoms with Crippen LogP contribution >= 0.6 is 11.6 Å². The van der Waals surface area contributed by atoms with E-state index in [1.807, 2.05) is 0 Å². The maximum Gasteiger partial charge on any atom is 0.335 e. The molecule has 76 valence electrons. The maximum absolute atomic E-state index is 10.3. The molecule has 0 aliphatic rings. The topological polar surface area (TPSA) is 106 Å². The van der Waals surface area contributed by atoms with Gasteiger partial charge < -0.3 is 16.6 Å². The zero-order valence-corrected chi connectivity index (χ0v) is 7.86. The normalized spacial score (nSPS) is 8.36. The minimum atomic E-state index is -0.934. The van der Waals surface area contributed by atoms with Crippen molar-refractivity contribution in [2.45, 2.75) is 0 Å². The molecule has 1 rings (SSSR count). The molecule has 0 unspecified atom stereocenters. The summed E-state index contributed by atoms with van der Waals surface area (Å²) in [5.41, 5.74) is 8.75. The summed E-state index contributed by atoms with van der Waals surface area (Å²) in [4.78, 5) is 19.3. The molecule has 0 aromatic heterocycles. The third kappa shape index (κ3) is 5.84. The Morgan fingerprint density at radius 3 is 1.79 bits per heavy atom. The molecule has 1 aromatic carbocycles. The van der Waals surface area contributed by atoms with Gasteiger partial charge in [-0.3, -0.25) is 0 Å². The van der Waals surface area contributed by atoms with E-state index >= 15 is 0 Å². The fourth-order valence-corrected chi connectivity index (χ4v) is 0.718. The Morgan fingerprint density at radius 2 is 1.50 bits per heavy atom. The van der Waals surface area contributed by atoms with Gasteiger partial charge in [-0.2, -0.15) is 0 Å². The summed E-state index contributed by atoms with van der Waals surface area (Å²) in [6, 6.07) is 5.19. The molecule has 6 heteroatoms. The number of carboxylic acids is 1. The van der Waals surface area contributed by atoms with Gasteiger partial charge >= 0.3 is 12.0 Å². The molecule has 5 N–H and O–H groups in total. The van der Waals surface area contributed by atoms with Crippen molar-refractivity contribution in [3.8, 4) is 0 Å². The molecular formula is C8H9ClN2O3. The number of nitrogens with two attached hydrogens (primary N) is 2. The van der Waals surface area contributed by atoms with Crippen LogP contribution in [0.2, 0.25) is 5.02 Å². The number of benzene rings is 1. The van der Waals surface area contributed by atoms with Crippen LogP contribution < -0.4 is 11.5 Å². The molecule has 0 heterocycles. The van der Waals surface area contributed by atoms with E-state index in [2.05, 4.69) is 11.5 Å². The number of carbonyl (C=O) groups excluding carboxylic acids is 1. The van der Waals surface area contributed by atoms with Crippen molar-refractivity contribution in [3.63, 3.8) is 0 Å². The average Bonchev–Trinajstić information content (AvgIpc) is 2.03. The van der Waals surface area contributed by atoms with Gasteiger partial charge in [-0.05, 0) is 24.3 Å². The third-order valence-electron chi connectivity index (χ3n) is 1.09. The molecule has 0 aliphatic carbocycles. The molecule has 0 aliphatic heterocycles. The number of aromatic carboxylic acids is 1. The third-order valence-corrected chi connectivity index (χ3v) is 1.34. The van der Waals surface area contributed by atoms with E-state index in [4.69, 9.17) is 21.5 Å². The Hall–Kier alpha value is -1.75. The van der Waals surface area contributed by atoms with E-state index in [0.717, 1.165) is 0 Å². The SMILES string of the molecule is NC(N)=O.O=C(O)c1ccc(Cl)cc1. The lowest BCUT2D eigenvalue weighted by Gasteiger charge is -1.91. The van der Waals surface area contributed by atoms with Gasteiger partial charge in [0.1, 0.15) is 0 Å². The summed E-state index contributed by atoms with van der Waals surface area (Å²) in [5, 5.41) is 8.98. The number of amides is 2. The molecule has 0 radical (unpaired) electrons. The number of carbonyl (C=O) groups is 2. The molecule has 0 bridgehead atoms. The van der Waals surface area contributed by atoms with Crippen molar-refractivity contribution in [2.24, 2.45) is 11.5 Å². The fraction of sp³-hybridized carbons (Fsp3) is 0. The van der Waals surface area contributed by atoms with Gasteiger partial charge in [0.05, 0.1) is 5.56 Å². The Morgan fingerprint density at radius 1 is 1.14 bits per heavy atom. The molecular weight excluding hydrogens is 208 g/mol. The Labute approximate surface area is 85.3 Å². The molecule has 2 amide bonds. The van der Waals surface area contributed by atoms with Crippen molar-refractivity contribution in [1.82, 2.24) is 0 Å². The predicted molar refractivity (Wildman–Crippen MR) is 52.2 cm³/mol. The van der Waals surface area contributed by atoms with E-state index in [1.54, 1.807) is 12.1 Å². The van der Waals surface area contributed by atoms with Crippen LogP contribution in [0.25, 0.3) is 0 Å². The molecule has 0 saturated heterocycles. The second-order valence-electron chi connectivity index (χ2n) is 2.21. The van der Waals surface area contributed by atoms with Crippen LogP contribution in [0.3, 0.4) is 0 Å². The van der Waals surface area contributed by atoms with Crippen LogP contribution in [0.15, 0.2) is 24.3 Å². The largest absolute Gasteiger partial charge is 0.478 e. The first-order chi connectivity index (χ1) is 6.43. The van der Waals surface area contributed by atoms with E-state index in [-0.39, 0.29) is 5.56 Å². The summed E-state index contributed by atoms with van der Waals surface area (Å²) < 4.78 is 0. The van der Waals surface area contributed by atoms with Gasteiger partial charge in [0, 0.05) is 5.02 Å². The van der Waals surface area contributed by atoms with E-state index in [9.17, 15) is 4.79 Å². The highest BCUT2D eigenvalue weighted by molar-refractivity contribution is 6.30. The molecule has 14 heavy (non-hydrogen) atoms. The van der Waals surface area contributed by atoms with Crippen molar-refractivity contribution < 1.29 is 14.7 Å². The standard InChI is InChI=1S/C7H5ClO2.CH4N2O/c8-6-3-1-5(2-4-6)7(9)10;2-1(3)4/h1-4H,(H,9,10);(H4,2,3,4). The van der Waals surface area contributed by atoms with Gasteiger partial charge in [-0.25, -0.2) is 9.59 Å². The van der Waals surface area contributed by atoms with Crippen molar-refractivity contribution >= 4 is 23.6 Å². The van der Waals surface area contributed by atoms with E-state index in [0.29, 0.717) is 5.02 Å². The number of primary amides is 2. The number of carboxylic acid groups (broad SMARTS) is 1. The van der Waals surface area contributed by atoms with Gasteiger partial charge in [0.25, 0.3) is 0 Å². The predicted octanol–water partition coefficient (Wildman–Crippen LogP) is 1.06. The van der Waals surface area contributed by atoms with Gasteiger partial charge in [-0.1, -0.05) is 11.6 Å². The highest BCUT2D eigenvalue weighted by atomic mass is 35.5. The molecule has 5 nitrogen and oxygen atoms in total. The first-order valence-electron chi connectivity index (χ1n) is 3.47. The van der Waals surface area contributed by atoms with Crippen LogP contribution in [0.5, 0.6) is 0 Å². The van der Waals surface area contributed by atoms with Crippen molar-refractivity contribution in [1.29, 1.82) is 0 Å². The number of hydrogen-bond donors (Lipinski definition) is 3. The first-order valence-corrected chi connectivity index (χ1v) is 3.85. The molecule has 0 atom stereocenters. The molecule has 0 saturated carbocycles. The van der Waals surface area contributed by atoms with Gasteiger partial charge in [0.15, 0.2) is 0 Å². The second kappa shape index (κ2) is 5.82. The van der Waals surface area contributed by atoms with Gasteiger partial charge in [0.2, 0.25) is 0 Å². The monoisotopic (exact) mass is 216 g/mol. The van der Waals surface area contributed by atoms with Crippen molar-refractivity contribution in [2.75, 3.05) is 0 Å². The Kier molecular flexibility index (Phi) is 5.09. The summed E-state index contributed by atoms with van der Waals surface area (Å²) in [5.74, 6) is -0.934. The maximum atomic E-state index is 10.3. The summed E-state index contributed by atoms with van der Waals surface area (Å²) in [7, 11) is 0.